The SMILES string of the molecule is Cc1ccccc1-c1noc(C2CC2)c1COC1CC2CCC(C1)N2C(=O)N1Cc2ccc(C(=O)O)cc2C1. The second-order valence-electron chi connectivity index (χ2n) is 11.6. The molecule has 202 valence electrons. The number of benzene rings is 2. The smallest absolute Gasteiger partial charge is 0.335 e. The number of urea groups is 1. The van der Waals surface area contributed by atoms with Gasteiger partial charge in [-0.1, -0.05) is 35.5 Å². The van der Waals surface area contributed by atoms with Gasteiger partial charge in [0.15, 0.2) is 0 Å². The lowest BCUT2D eigenvalue weighted by atomic mass is 9.99. The number of hydrogen-bond acceptors (Lipinski definition) is 5. The third kappa shape index (κ3) is 4.40. The van der Waals surface area contributed by atoms with E-state index in [0.717, 1.165) is 72.2 Å². The van der Waals surface area contributed by atoms with Crippen LogP contribution in [-0.4, -0.2) is 50.3 Å². The molecule has 2 atom stereocenters. The molecule has 4 aliphatic rings. The van der Waals surface area contributed by atoms with Gasteiger partial charge in [-0.3, -0.25) is 0 Å². The number of aromatic carboxylic acids is 1. The summed E-state index contributed by atoms with van der Waals surface area (Å²) in [6, 6.07) is 13.8. The van der Waals surface area contributed by atoms with Crippen molar-refractivity contribution in [2.45, 2.75) is 89.3 Å². The first-order valence-electron chi connectivity index (χ1n) is 14.0. The summed E-state index contributed by atoms with van der Waals surface area (Å²) in [6.07, 6.45) is 6.01. The van der Waals surface area contributed by atoms with Crippen LogP contribution in [0.1, 0.15) is 82.8 Å². The van der Waals surface area contributed by atoms with Crippen LogP contribution in [-0.2, 0) is 24.4 Å². The van der Waals surface area contributed by atoms with Gasteiger partial charge in [0, 0.05) is 42.2 Å². The lowest BCUT2D eigenvalue weighted by Gasteiger charge is -2.40. The predicted molar refractivity (Wildman–Crippen MR) is 143 cm³/mol. The Morgan fingerprint density at radius 3 is 2.49 bits per heavy atom. The molecule has 8 nitrogen and oxygen atoms in total. The van der Waals surface area contributed by atoms with E-state index in [-0.39, 0.29) is 29.8 Å². The number of ether oxygens (including phenoxy) is 1. The van der Waals surface area contributed by atoms with Gasteiger partial charge in [0.1, 0.15) is 11.5 Å². The maximum absolute atomic E-state index is 13.6. The molecule has 39 heavy (non-hydrogen) atoms. The van der Waals surface area contributed by atoms with Gasteiger partial charge < -0.3 is 24.2 Å². The third-order valence-electron chi connectivity index (χ3n) is 8.99. The summed E-state index contributed by atoms with van der Waals surface area (Å²) >= 11 is 0. The fraction of sp³-hybridized carbons (Fsp3) is 0.452. The van der Waals surface area contributed by atoms with Crippen molar-refractivity contribution in [1.29, 1.82) is 0 Å². The number of amides is 2. The number of carboxylic acids is 1. The number of nitrogens with zero attached hydrogens (tertiary/aromatic N) is 3. The van der Waals surface area contributed by atoms with Crippen molar-refractivity contribution < 1.29 is 24.0 Å². The lowest BCUT2D eigenvalue weighted by Crippen LogP contribution is -2.52. The first-order valence-corrected chi connectivity index (χ1v) is 14.0. The Morgan fingerprint density at radius 2 is 1.77 bits per heavy atom. The van der Waals surface area contributed by atoms with E-state index >= 15 is 0 Å². The minimum Gasteiger partial charge on any atom is -0.478 e. The highest BCUT2D eigenvalue weighted by atomic mass is 16.5. The number of hydrogen-bond donors (Lipinski definition) is 1. The van der Waals surface area contributed by atoms with Crippen molar-refractivity contribution in [2.24, 2.45) is 0 Å². The Morgan fingerprint density at radius 1 is 1.03 bits per heavy atom. The quantitative estimate of drug-likeness (QED) is 0.431. The van der Waals surface area contributed by atoms with Crippen molar-refractivity contribution in [3.05, 3.63) is 76.0 Å². The minimum absolute atomic E-state index is 0.0610. The Bertz CT molecular complexity index is 1430. The molecule has 0 radical (unpaired) electrons. The van der Waals surface area contributed by atoms with Crippen LogP contribution in [0.3, 0.4) is 0 Å². The van der Waals surface area contributed by atoms with Crippen molar-refractivity contribution in [1.82, 2.24) is 15.0 Å². The minimum atomic E-state index is -0.941. The highest BCUT2D eigenvalue weighted by molar-refractivity contribution is 5.88. The highest BCUT2D eigenvalue weighted by Gasteiger charge is 2.46. The molecule has 2 amide bonds. The molecule has 2 aromatic carbocycles. The fourth-order valence-electron chi connectivity index (χ4n) is 6.78. The van der Waals surface area contributed by atoms with Crippen LogP contribution in [0.5, 0.6) is 0 Å². The van der Waals surface area contributed by atoms with Crippen LogP contribution in [0.15, 0.2) is 47.0 Å². The molecule has 4 heterocycles. The predicted octanol–water partition coefficient (Wildman–Crippen LogP) is 5.87. The number of rotatable bonds is 6. The molecule has 1 N–H and O–H groups in total. The molecule has 2 saturated heterocycles. The topological polar surface area (TPSA) is 96.1 Å². The monoisotopic (exact) mass is 527 g/mol. The Kier molecular flexibility index (Phi) is 5.95. The maximum Gasteiger partial charge on any atom is 0.335 e. The van der Waals surface area contributed by atoms with E-state index in [2.05, 4.69) is 29.1 Å². The molecule has 1 saturated carbocycles. The van der Waals surface area contributed by atoms with E-state index in [0.29, 0.717) is 25.6 Å². The zero-order valence-corrected chi connectivity index (χ0v) is 22.1. The Hall–Kier alpha value is -3.65. The number of aryl methyl sites for hydroxylation is 1. The molecular formula is C31H33N3O5. The Labute approximate surface area is 227 Å². The number of carbonyl (C=O) groups excluding carboxylic acids is 1. The van der Waals surface area contributed by atoms with Crippen molar-refractivity contribution in [3.8, 4) is 11.3 Å². The van der Waals surface area contributed by atoms with E-state index in [1.165, 1.54) is 5.56 Å². The average molecular weight is 528 g/mol. The van der Waals surface area contributed by atoms with Crippen molar-refractivity contribution in [2.75, 3.05) is 0 Å². The van der Waals surface area contributed by atoms with Crippen LogP contribution < -0.4 is 0 Å². The molecule has 3 aromatic rings. The number of piperidine rings is 1. The van der Waals surface area contributed by atoms with Gasteiger partial charge in [-0.05, 0) is 74.3 Å². The van der Waals surface area contributed by atoms with E-state index in [1.54, 1.807) is 12.1 Å². The van der Waals surface area contributed by atoms with Crippen LogP contribution in [0.4, 0.5) is 4.79 Å². The molecule has 7 rings (SSSR count). The molecule has 1 aliphatic carbocycles. The zero-order chi connectivity index (χ0) is 26.7. The largest absolute Gasteiger partial charge is 0.478 e. The summed E-state index contributed by atoms with van der Waals surface area (Å²) < 4.78 is 12.4. The molecule has 3 aliphatic heterocycles. The van der Waals surface area contributed by atoms with Crippen LogP contribution >= 0.6 is 0 Å². The molecule has 3 fully saturated rings. The van der Waals surface area contributed by atoms with Gasteiger partial charge in [-0.15, -0.1) is 0 Å². The number of aromatic nitrogens is 1. The van der Waals surface area contributed by atoms with E-state index < -0.39 is 5.97 Å². The highest BCUT2D eigenvalue weighted by Crippen LogP contribution is 2.45. The Balaban J connectivity index is 1.03. The van der Waals surface area contributed by atoms with Crippen LogP contribution in [0, 0.1) is 6.92 Å². The second kappa shape index (κ2) is 9.52. The molecule has 1 aromatic heterocycles. The van der Waals surface area contributed by atoms with Gasteiger partial charge in [-0.2, -0.15) is 0 Å². The van der Waals surface area contributed by atoms with Gasteiger partial charge in [0.2, 0.25) is 0 Å². The summed E-state index contributed by atoms with van der Waals surface area (Å²) in [5.41, 5.74) is 6.46. The van der Waals surface area contributed by atoms with E-state index in [9.17, 15) is 14.7 Å². The van der Waals surface area contributed by atoms with Gasteiger partial charge in [-0.25, -0.2) is 9.59 Å². The normalized spacial score (nSPS) is 23.8. The summed E-state index contributed by atoms with van der Waals surface area (Å²) in [5, 5.41) is 13.8. The molecule has 0 spiro atoms. The standard InChI is InChI=1S/C31H33N3O5/c1-18-4-2-3-5-26(18)28-27(29(39-32-28)19-6-7-19)17-38-25-13-23-10-11-24(14-25)34(23)31(37)33-15-21-9-8-20(30(35)36)12-22(21)16-33/h2-5,8-9,12,19,23-25H,6-7,10-11,13-17H2,1H3,(H,35,36). The second-order valence-corrected chi connectivity index (χ2v) is 11.6. The molecule has 2 unspecified atom stereocenters. The fourth-order valence-corrected chi connectivity index (χ4v) is 6.78. The zero-order valence-electron chi connectivity index (χ0n) is 22.1. The summed E-state index contributed by atoms with van der Waals surface area (Å²) in [5.74, 6) is 0.480. The lowest BCUT2D eigenvalue weighted by molar-refractivity contribution is -0.0210. The first-order chi connectivity index (χ1) is 19.0. The average Bonchev–Trinajstić information content (AvgIpc) is 3.45. The van der Waals surface area contributed by atoms with Gasteiger partial charge >= 0.3 is 12.0 Å². The van der Waals surface area contributed by atoms with Crippen LogP contribution in [0.2, 0.25) is 0 Å². The number of fused-ring (bicyclic) bond motifs is 3. The summed E-state index contributed by atoms with van der Waals surface area (Å²) in [4.78, 5) is 28.9. The summed E-state index contributed by atoms with van der Waals surface area (Å²) in [7, 11) is 0. The van der Waals surface area contributed by atoms with Crippen LogP contribution in [0.25, 0.3) is 11.3 Å². The molecular weight excluding hydrogens is 494 g/mol. The summed E-state index contributed by atoms with van der Waals surface area (Å²) in [6.45, 7) is 3.57. The van der Waals surface area contributed by atoms with Crippen molar-refractivity contribution >= 4 is 12.0 Å². The number of carbonyl (C=O) groups is 2. The number of carboxylic acid groups (broad SMARTS) is 1. The molecule has 2 bridgehead atoms. The van der Waals surface area contributed by atoms with E-state index in [4.69, 9.17) is 9.26 Å². The van der Waals surface area contributed by atoms with E-state index in [1.807, 2.05) is 23.1 Å². The molecule has 8 heteroatoms. The third-order valence-corrected chi connectivity index (χ3v) is 8.99. The van der Waals surface area contributed by atoms with Gasteiger partial charge in [0.05, 0.1) is 18.3 Å². The maximum atomic E-state index is 13.6. The van der Waals surface area contributed by atoms with Crippen molar-refractivity contribution in [3.63, 3.8) is 0 Å². The van der Waals surface area contributed by atoms with Gasteiger partial charge in [0.25, 0.3) is 0 Å². The first kappa shape index (κ1) is 24.4.